The van der Waals surface area contributed by atoms with Gasteiger partial charge in [-0.15, -0.1) is 0 Å². The summed E-state index contributed by atoms with van der Waals surface area (Å²) >= 11 is 0. The van der Waals surface area contributed by atoms with Crippen LogP contribution in [0.4, 0.5) is 5.82 Å². The van der Waals surface area contributed by atoms with Crippen LogP contribution in [0.2, 0.25) is 0 Å². The van der Waals surface area contributed by atoms with Gasteiger partial charge in [-0.1, -0.05) is 0 Å². The summed E-state index contributed by atoms with van der Waals surface area (Å²) in [4.78, 5) is 3.85. The van der Waals surface area contributed by atoms with E-state index in [1.807, 2.05) is 0 Å². The fraction of sp³-hybridized carbons (Fsp3) is 0.500. The number of rotatable bonds is 3. The van der Waals surface area contributed by atoms with Gasteiger partial charge in [-0.2, -0.15) is 5.10 Å². The Bertz CT molecular complexity index is 662. The van der Waals surface area contributed by atoms with Crippen molar-refractivity contribution in [2.45, 2.75) is 23.9 Å². The van der Waals surface area contributed by atoms with Crippen LogP contribution in [0.15, 0.2) is 18.5 Å². The molecule has 114 valence electrons. The summed E-state index contributed by atoms with van der Waals surface area (Å²) in [5.74, 6) is 0.232. The molecule has 0 spiro atoms. The number of ether oxygens (including phenoxy) is 1. The number of fused-ring (bicyclic) bond motifs is 1. The van der Waals surface area contributed by atoms with E-state index in [-0.39, 0.29) is 5.82 Å². The summed E-state index contributed by atoms with van der Waals surface area (Å²) in [7, 11) is 0. The molecule has 9 heteroatoms. The Morgan fingerprint density at radius 3 is 2.71 bits per heavy atom. The van der Waals surface area contributed by atoms with Gasteiger partial charge in [0.05, 0.1) is 18.9 Å². The maximum absolute atomic E-state index is 10.3. The molecule has 0 radical (unpaired) electrons. The quantitative estimate of drug-likeness (QED) is 0.421. The van der Waals surface area contributed by atoms with E-state index < -0.39 is 37.1 Å². The van der Waals surface area contributed by atoms with E-state index in [1.165, 1.54) is 10.8 Å². The molecule has 3 rings (SSSR count). The second kappa shape index (κ2) is 4.90. The minimum Gasteiger partial charge on any atom is -0.394 e. The van der Waals surface area contributed by atoms with Crippen LogP contribution in [0.5, 0.6) is 0 Å². The van der Waals surface area contributed by atoms with Gasteiger partial charge >= 0.3 is 0 Å². The van der Waals surface area contributed by atoms with Crippen LogP contribution in [0, 0.1) is 0 Å². The van der Waals surface area contributed by atoms with Crippen LogP contribution >= 0.6 is 0 Å². The first-order valence-corrected chi connectivity index (χ1v) is 6.39. The lowest BCUT2D eigenvalue weighted by atomic mass is 9.92. The predicted octanol–water partition coefficient (Wildman–Crippen LogP) is -2.39. The first-order chi connectivity index (χ1) is 10.0. The van der Waals surface area contributed by atoms with E-state index in [0.717, 1.165) is 0 Å². The Morgan fingerprint density at radius 1 is 1.33 bits per heavy atom. The first-order valence-electron chi connectivity index (χ1n) is 6.39. The molecule has 1 saturated heterocycles. The highest BCUT2D eigenvalue weighted by Crippen LogP contribution is 2.40. The predicted molar refractivity (Wildman–Crippen MR) is 70.1 cm³/mol. The lowest BCUT2D eigenvalue weighted by Crippen LogP contribution is -2.44. The summed E-state index contributed by atoms with van der Waals surface area (Å²) in [5, 5.41) is 43.2. The molecule has 4 atom stereocenters. The van der Waals surface area contributed by atoms with E-state index in [4.69, 9.17) is 10.5 Å². The van der Waals surface area contributed by atoms with Crippen LogP contribution in [0.3, 0.4) is 0 Å². The number of nitrogen functional groups attached to an aromatic ring is 1. The molecule has 6 N–H and O–H groups in total. The zero-order valence-electron chi connectivity index (χ0n) is 11.0. The molecule has 0 saturated carbocycles. The third kappa shape index (κ3) is 1.83. The maximum atomic E-state index is 10.3. The largest absolute Gasteiger partial charge is 0.394 e. The van der Waals surface area contributed by atoms with Crippen LogP contribution < -0.4 is 5.73 Å². The van der Waals surface area contributed by atoms with Crippen molar-refractivity contribution in [3.05, 3.63) is 24.2 Å². The molecule has 2 aromatic rings. The van der Waals surface area contributed by atoms with Gasteiger partial charge in [-0.05, 0) is 12.1 Å². The highest BCUT2D eigenvalue weighted by atomic mass is 16.6. The Morgan fingerprint density at radius 2 is 2.10 bits per heavy atom. The average molecular weight is 296 g/mol. The fourth-order valence-electron chi connectivity index (χ4n) is 2.73. The highest BCUT2D eigenvalue weighted by molar-refractivity contribution is 5.65. The number of aliphatic hydroxyl groups excluding tert-OH is 4. The van der Waals surface area contributed by atoms with Gasteiger partial charge in [0.1, 0.15) is 30.2 Å². The van der Waals surface area contributed by atoms with Crippen molar-refractivity contribution in [2.75, 3.05) is 18.9 Å². The van der Waals surface area contributed by atoms with Gasteiger partial charge < -0.3 is 30.9 Å². The van der Waals surface area contributed by atoms with Crippen LogP contribution in [-0.2, 0) is 10.3 Å². The van der Waals surface area contributed by atoms with Gasteiger partial charge in [0.15, 0.2) is 11.4 Å². The molecule has 1 aliphatic heterocycles. The van der Waals surface area contributed by atoms with Crippen LogP contribution in [-0.4, -0.2) is 66.5 Å². The number of aromatic nitrogens is 3. The summed E-state index contributed by atoms with van der Waals surface area (Å²) in [6.07, 6.45) is -2.52. The molecule has 0 aliphatic carbocycles. The second-order valence-corrected chi connectivity index (χ2v) is 4.98. The van der Waals surface area contributed by atoms with E-state index in [1.54, 1.807) is 12.1 Å². The molecule has 0 bridgehead atoms. The molecule has 1 aliphatic rings. The minimum atomic E-state index is -1.60. The fourth-order valence-corrected chi connectivity index (χ4v) is 2.73. The van der Waals surface area contributed by atoms with Gasteiger partial charge in [0, 0.05) is 0 Å². The molecular weight excluding hydrogens is 280 g/mol. The van der Waals surface area contributed by atoms with E-state index in [9.17, 15) is 20.4 Å². The van der Waals surface area contributed by atoms with E-state index >= 15 is 0 Å². The topological polar surface area (TPSA) is 146 Å². The molecule has 1 unspecified atom stereocenters. The number of hydrogen-bond acceptors (Lipinski definition) is 8. The monoisotopic (exact) mass is 296 g/mol. The highest BCUT2D eigenvalue weighted by Gasteiger charge is 2.56. The summed E-state index contributed by atoms with van der Waals surface area (Å²) < 4.78 is 6.93. The van der Waals surface area contributed by atoms with Crippen molar-refractivity contribution in [1.29, 1.82) is 0 Å². The van der Waals surface area contributed by atoms with Crippen molar-refractivity contribution in [2.24, 2.45) is 0 Å². The number of anilines is 1. The van der Waals surface area contributed by atoms with Crippen molar-refractivity contribution in [3.8, 4) is 0 Å². The maximum Gasteiger partial charge on any atom is 0.162 e. The smallest absolute Gasteiger partial charge is 0.162 e. The minimum absolute atomic E-state index is 0.232. The molecule has 9 nitrogen and oxygen atoms in total. The Labute approximate surface area is 119 Å². The lowest BCUT2D eigenvalue weighted by molar-refractivity contribution is -0.127. The Kier molecular flexibility index (Phi) is 3.30. The van der Waals surface area contributed by atoms with Crippen molar-refractivity contribution < 1.29 is 25.2 Å². The third-order valence-corrected chi connectivity index (χ3v) is 3.87. The number of nitrogens with zero attached hydrogens (tertiary/aromatic N) is 3. The molecule has 3 heterocycles. The molecule has 0 aromatic carbocycles. The van der Waals surface area contributed by atoms with Gasteiger partial charge in [-0.25, -0.2) is 9.50 Å². The van der Waals surface area contributed by atoms with Crippen LogP contribution in [0.1, 0.15) is 5.69 Å². The Hall–Kier alpha value is -1.78. The molecule has 21 heavy (non-hydrogen) atoms. The zero-order valence-corrected chi connectivity index (χ0v) is 11.0. The molecular formula is C12H16N4O5. The second-order valence-electron chi connectivity index (χ2n) is 4.98. The number of aliphatic hydroxyl groups is 4. The number of hydrogen-bond donors (Lipinski definition) is 5. The third-order valence-electron chi connectivity index (χ3n) is 3.87. The summed E-state index contributed by atoms with van der Waals surface area (Å²) in [6, 6.07) is 3.20. The van der Waals surface area contributed by atoms with Crippen molar-refractivity contribution in [1.82, 2.24) is 14.6 Å². The van der Waals surface area contributed by atoms with Gasteiger partial charge in [-0.3, -0.25) is 0 Å². The van der Waals surface area contributed by atoms with Crippen LogP contribution in [0.25, 0.3) is 5.52 Å². The van der Waals surface area contributed by atoms with Crippen molar-refractivity contribution in [3.63, 3.8) is 0 Å². The molecule has 1 fully saturated rings. The van der Waals surface area contributed by atoms with Gasteiger partial charge in [0.2, 0.25) is 0 Å². The first kappa shape index (κ1) is 14.2. The van der Waals surface area contributed by atoms with Gasteiger partial charge in [0.25, 0.3) is 0 Å². The Balaban J connectivity index is 2.17. The normalized spacial score (nSPS) is 32.9. The SMILES string of the molecule is Nc1ncnn2c([C@]3(CO)O[C@H](CO)C(O)[C@@H]3O)ccc12. The standard InChI is InChI=1S/C12H16N4O5/c13-11-6-1-2-8(16(6)15-5-14-11)12(4-18)10(20)9(19)7(3-17)21-12/h1-2,5,7,9-10,17-20H,3-4H2,(H2,13,14,15)/t7-,9?,10+,12+/m1/s1. The summed E-state index contributed by atoms with van der Waals surface area (Å²) in [6.45, 7) is -1.09. The average Bonchev–Trinajstić information content (AvgIpc) is 3.03. The van der Waals surface area contributed by atoms with E-state index in [0.29, 0.717) is 11.2 Å². The lowest BCUT2D eigenvalue weighted by Gasteiger charge is -2.29. The zero-order chi connectivity index (χ0) is 15.2. The van der Waals surface area contributed by atoms with Crippen molar-refractivity contribution >= 4 is 11.3 Å². The van der Waals surface area contributed by atoms with E-state index in [2.05, 4.69) is 10.1 Å². The summed E-state index contributed by atoms with van der Waals surface area (Å²) in [5.41, 5.74) is 4.94. The molecule has 2 aromatic heterocycles. The molecule has 0 amide bonds. The number of nitrogens with two attached hydrogens (primary N) is 1.